The molecular formula is C26H34BN3O2. The molecule has 0 spiro atoms. The third-order valence-electron chi connectivity index (χ3n) is 5.29. The fraction of sp³-hybridized carbons (Fsp3) is 0.500. The highest BCUT2D eigenvalue weighted by molar-refractivity contribution is 6.14. The number of para-hydroxylation sites is 2. The van der Waals surface area contributed by atoms with Crippen molar-refractivity contribution in [3.63, 3.8) is 0 Å². The molecule has 0 bridgehead atoms. The largest absolute Gasteiger partial charge is 0.497 e. The Balaban J connectivity index is 2.00. The molecule has 1 aliphatic heterocycles. The molecule has 0 aliphatic carbocycles. The molecule has 1 heterocycles. The Kier molecular flexibility index (Phi) is 7.05. The van der Waals surface area contributed by atoms with Gasteiger partial charge in [-0.2, -0.15) is 0 Å². The summed E-state index contributed by atoms with van der Waals surface area (Å²) in [5.41, 5.74) is 3.40. The van der Waals surface area contributed by atoms with Crippen LogP contribution in [0.25, 0.3) is 0 Å². The minimum Gasteiger partial charge on any atom is -0.497 e. The van der Waals surface area contributed by atoms with Gasteiger partial charge in [-0.3, -0.25) is 5.43 Å². The summed E-state index contributed by atoms with van der Waals surface area (Å²) in [5.74, 6) is 1.59. The molecule has 2 aromatic rings. The van der Waals surface area contributed by atoms with Gasteiger partial charge < -0.3 is 9.47 Å². The van der Waals surface area contributed by atoms with Gasteiger partial charge in [-0.05, 0) is 71.2 Å². The second-order valence-electron chi connectivity index (χ2n) is 10.2. The van der Waals surface area contributed by atoms with Gasteiger partial charge in [-0.15, -0.1) is 5.10 Å². The van der Waals surface area contributed by atoms with Crippen molar-refractivity contribution in [3.05, 3.63) is 59.7 Å². The third kappa shape index (κ3) is 6.90. The second kappa shape index (κ2) is 9.42. The lowest BCUT2D eigenvalue weighted by molar-refractivity contribution is 0.0356. The van der Waals surface area contributed by atoms with Crippen molar-refractivity contribution >= 4 is 13.9 Å². The van der Waals surface area contributed by atoms with Crippen LogP contribution in [0.1, 0.15) is 59.1 Å². The van der Waals surface area contributed by atoms with E-state index in [0.29, 0.717) is 12.8 Å². The molecule has 0 saturated carbocycles. The highest BCUT2D eigenvalue weighted by Gasteiger charge is 2.33. The zero-order chi connectivity index (χ0) is 23.4. The fourth-order valence-corrected chi connectivity index (χ4v) is 4.17. The topological polar surface area (TPSA) is 55.2 Å². The SMILES string of the molecule is [B]C1(C)CC(C)(C)Oc2ccccc2CC(C)NN=C=NC(C)(C)Cc2ccccc2O1. The summed E-state index contributed by atoms with van der Waals surface area (Å²) in [7, 11) is 6.65. The van der Waals surface area contributed by atoms with E-state index >= 15 is 0 Å². The van der Waals surface area contributed by atoms with E-state index < -0.39 is 16.6 Å². The van der Waals surface area contributed by atoms with Crippen LogP contribution in [0.4, 0.5) is 0 Å². The lowest BCUT2D eigenvalue weighted by Gasteiger charge is -2.37. The van der Waals surface area contributed by atoms with E-state index in [1.54, 1.807) is 0 Å². The molecule has 5 nitrogen and oxygen atoms in total. The van der Waals surface area contributed by atoms with Gasteiger partial charge in [-0.1, -0.05) is 36.4 Å². The molecule has 3 rings (SSSR count). The van der Waals surface area contributed by atoms with E-state index in [4.69, 9.17) is 17.3 Å². The second-order valence-corrected chi connectivity index (χ2v) is 10.2. The van der Waals surface area contributed by atoms with Crippen molar-refractivity contribution in [1.29, 1.82) is 0 Å². The van der Waals surface area contributed by atoms with Crippen molar-refractivity contribution in [2.45, 2.75) is 83.5 Å². The summed E-state index contributed by atoms with van der Waals surface area (Å²) in [5, 5.41) is 4.22. The zero-order valence-corrected chi connectivity index (χ0v) is 20.1. The van der Waals surface area contributed by atoms with Crippen LogP contribution in [0.15, 0.2) is 58.6 Å². The molecule has 2 radical (unpaired) electrons. The smallest absolute Gasteiger partial charge is 0.131 e. The highest BCUT2D eigenvalue weighted by atomic mass is 16.5. The molecule has 0 amide bonds. The standard InChI is InChI=1S/C26H34BN3O2/c1-19-15-20-11-7-9-13-22(20)31-25(4,5)17-26(6,27)32-23-14-10-8-12-21(23)16-24(2,3)28-18-29-30-19/h7-14,19,30H,15-17H2,1-6H3. The van der Waals surface area contributed by atoms with Gasteiger partial charge in [0.15, 0.2) is 0 Å². The summed E-state index contributed by atoms with van der Waals surface area (Å²) in [4.78, 5) is 4.55. The molecule has 0 saturated heterocycles. The van der Waals surface area contributed by atoms with E-state index in [-0.39, 0.29) is 6.04 Å². The molecule has 1 aliphatic rings. The van der Waals surface area contributed by atoms with Crippen LogP contribution in [-0.4, -0.2) is 36.5 Å². The molecule has 2 unspecified atom stereocenters. The Bertz CT molecular complexity index is 994. The van der Waals surface area contributed by atoms with Crippen LogP contribution in [0, 0.1) is 0 Å². The van der Waals surface area contributed by atoms with Crippen molar-refractivity contribution in [3.8, 4) is 11.5 Å². The number of fused-ring (bicyclic) bond motifs is 2. The molecular weight excluding hydrogens is 397 g/mol. The van der Waals surface area contributed by atoms with Gasteiger partial charge in [0.2, 0.25) is 0 Å². The van der Waals surface area contributed by atoms with Crippen LogP contribution in [0.3, 0.4) is 0 Å². The van der Waals surface area contributed by atoms with Gasteiger partial charge in [0.1, 0.15) is 31.0 Å². The Morgan fingerprint density at radius 3 is 2.22 bits per heavy atom. The molecule has 32 heavy (non-hydrogen) atoms. The minimum absolute atomic E-state index is 0.0909. The average molecular weight is 431 g/mol. The molecule has 0 fully saturated rings. The van der Waals surface area contributed by atoms with Crippen LogP contribution < -0.4 is 14.9 Å². The summed E-state index contributed by atoms with van der Waals surface area (Å²) in [6.45, 7) is 12.2. The van der Waals surface area contributed by atoms with Crippen LogP contribution in [-0.2, 0) is 12.8 Å². The van der Waals surface area contributed by atoms with Crippen molar-refractivity contribution in [2.75, 3.05) is 0 Å². The average Bonchev–Trinajstić information content (AvgIpc) is 2.66. The minimum atomic E-state index is -0.924. The van der Waals surface area contributed by atoms with E-state index in [2.05, 4.69) is 48.4 Å². The van der Waals surface area contributed by atoms with Gasteiger partial charge in [0.25, 0.3) is 0 Å². The Hall–Kier alpha value is -2.72. The Morgan fingerprint density at radius 1 is 0.938 bits per heavy atom. The first-order chi connectivity index (χ1) is 14.9. The summed E-state index contributed by atoms with van der Waals surface area (Å²) in [6.07, 6.45) is 1.92. The monoisotopic (exact) mass is 431 g/mol. The summed E-state index contributed by atoms with van der Waals surface area (Å²) < 4.78 is 12.8. The van der Waals surface area contributed by atoms with E-state index in [1.165, 1.54) is 0 Å². The predicted octanol–water partition coefficient (Wildman–Crippen LogP) is 5.14. The van der Waals surface area contributed by atoms with Crippen LogP contribution in [0.2, 0.25) is 0 Å². The molecule has 0 aromatic heterocycles. The Morgan fingerprint density at radius 2 is 1.53 bits per heavy atom. The van der Waals surface area contributed by atoms with Crippen molar-refractivity contribution < 1.29 is 9.47 Å². The van der Waals surface area contributed by atoms with Crippen molar-refractivity contribution in [2.24, 2.45) is 10.1 Å². The maximum atomic E-state index is 6.65. The summed E-state index contributed by atoms with van der Waals surface area (Å²) >= 11 is 0. The number of hydrogen-bond acceptors (Lipinski definition) is 5. The first-order valence-corrected chi connectivity index (χ1v) is 11.2. The van der Waals surface area contributed by atoms with Gasteiger partial charge >= 0.3 is 0 Å². The fourth-order valence-electron chi connectivity index (χ4n) is 4.17. The normalized spacial score (nSPS) is 25.2. The van der Waals surface area contributed by atoms with E-state index in [9.17, 15) is 0 Å². The zero-order valence-electron chi connectivity index (χ0n) is 20.1. The maximum Gasteiger partial charge on any atom is 0.131 e. The third-order valence-corrected chi connectivity index (χ3v) is 5.29. The van der Waals surface area contributed by atoms with Crippen LogP contribution >= 0.6 is 0 Å². The lowest BCUT2D eigenvalue weighted by atomic mass is 9.75. The molecule has 2 atom stereocenters. The van der Waals surface area contributed by atoms with Crippen LogP contribution in [0.5, 0.6) is 11.5 Å². The van der Waals surface area contributed by atoms with Gasteiger partial charge in [-0.25, -0.2) is 4.99 Å². The number of nitrogens with one attached hydrogen (secondary N) is 1. The molecule has 2 aromatic carbocycles. The molecule has 6 heteroatoms. The van der Waals surface area contributed by atoms with E-state index in [1.807, 2.05) is 63.2 Å². The highest BCUT2D eigenvalue weighted by Crippen LogP contribution is 2.33. The number of nitrogens with zero attached hydrogens (tertiary/aromatic N) is 2. The Labute approximate surface area is 193 Å². The number of hydrazone groups is 1. The number of hydrogen-bond donors (Lipinski definition) is 1. The molecule has 168 valence electrons. The molecule has 1 N–H and O–H groups in total. The summed E-state index contributed by atoms with van der Waals surface area (Å²) in [6, 6.07) is 18.9. The lowest BCUT2D eigenvalue weighted by Crippen LogP contribution is -2.44. The van der Waals surface area contributed by atoms with Gasteiger partial charge in [0.05, 0.1) is 11.0 Å². The number of rotatable bonds is 0. The van der Waals surface area contributed by atoms with Gasteiger partial charge in [0, 0.05) is 18.9 Å². The first-order valence-electron chi connectivity index (χ1n) is 11.2. The first kappa shape index (κ1) is 23.9. The maximum absolute atomic E-state index is 6.65. The number of ether oxygens (including phenoxy) is 2. The quantitative estimate of drug-likeness (QED) is 0.588. The van der Waals surface area contributed by atoms with Crippen molar-refractivity contribution in [1.82, 2.24) is 5.43 Å². The number of benzene rings is 2. The number of aliphatic imine (C=N–C) groups is 1. The van der Waals surface area contributed by atoms with E-state index in [0.717, 1.165) is 29.0 Å². The predicted molar refractivity (Wildman–Crippen MR) is 131 cm³/mol.